The highest BCUT2D eigenvalue weighted by Crippen LogP contribution is 2.25. The number of hydrogen-bond acceptors (Lipinski definition) is 1. The number of unbranched alkanes of at least 4 members (excludes halogenated alkanes) is 4. The van der Waals surface area contributed by atoms with E-state index in [0.717, 1.165) is 23.7 Å². The Morgan fingerprint density at radius 1 is 0.794 bits per heavy atom. The van der Waals surface area contributed by atoms with E-state index in [4.69, 9.17) is 0 Å². The summed E-state index contributed by atoms with van der Waals surface area (Å²) in [5, 5.41) is 3.48. The van der Waals surface area contributed by atoms with E-state index in [1.165, 1.54) is 93.7 Å². The minimum absolute atomic E-state index is 0.864. The van der Waals surface area contributed by atoms with E-state index in [1.807, 2.05) is 20.8 Å². The fourth-order valence-corrected chi connectivity index (χ4v) is 4.43. The van der Waals surface area contributed by atoms with Crippen LogP contribution in [0, 0.1) is 5.92 Å². The van der Waals surface area contributed by atoms with Crippen molar-refractivity contribution in [3.8, 4) is 0 Å². The molecule has 0 atom stereocenters. The largest absolute Gasteiger partial charge is 0.381 e. The molecule has 0 saturated heterocycles. The van der Waals surface area contributed by atoms with Crippen molar-refractivity contribution in [1.29, 1.82) is 0 Å². The number of nitrogens with one attached hydrogen (secondary N) is 1. The van der Waals surface area contributed by atoms with Gasteiger partial charge in [-0.05, 0) is 54.5 Å². The van der Waals surface area contributed by atoms with Gasteiger partial charge in [-0.3, -0.25) is 0 Å². The molecule has 1 aliphatic carbocycles. The maximum Gasteiger partial charge on any atom is 0.0400 e. The normalized spacial score (nSPS) is 13.2. The van der Waals surface area contributed by atoms with Gasteiger partial charge in [0.15, 0.2) is 0 Å². The van der Waals surface area contributed by atoms with Gasteiger partial charge in [-0.25, -0.2) is 0 Å². The molecule has 1 saturated carbocycles. The van der Waals surface area contributed by atoms with Gasteiger partial charge in [-0.1, -0.05) is 140 Å². The van der Waals surface area contributed by atoms with Gasteiger partial charge in [0.1, 0.15) is 0 Å². The molecule has 1 N–H and O–H groups in total. The molecule has 0 aromatic heterocycles. The van der Waals surface area contributed by atoms with Crippen LogP contribution in [0.15, 0.2) is 55.1 Å². The van der Waals surface area contributed by atoms with E-state index in [1.54, 1.807) is 0 Å². The smallest absolute Gasteiger partial charge is 0.0400 e. The fourth-order valence-electron chi connectivity index (χ4n) is 4.43. The second-order valence-corrected chi connectivity index (χ2v) is 9.60. The Labute approximate surface area is 212 Å². The van der Waals surface area contributed by atoms with Crippen LogP contribution >= 0.6 is 0 Å². The number of aryl methyl sites for hydroxylation is 1. The molecule has 1 nitrogen and oxygen atoms in total. The number of hydrogen-bond donors (Lipinski definition) is 1. The maximum absolute atomic E-state index is 3.97. The first-order valence-corrected chi connectivity index (χ1v) is 14.2. The molecule has 1 fully saturated rings. The van der Waals surface area contributed by atoms with Crippen molar-refractivity contribution in [1.82, 2.24) is 0 Å². The SMILES string of the molecule is C=C(C)c1ccc(NCc2ccc(CCCCCCC)cc2)cc1.CC.CCC1CCCCC1. The van der Waals surface area contributed by atoms with Gasteiger partial charge in [-0.15, -0.1) is 0 Å². The first-order valence-electron chi connectivity index (χ1n) is 14.2. The summed E-state index contributed by atoms with van der Waals surface area (Å²) in [6, 6.07) is 17.5. The van der Waals surface area contributed by atoms with E-state index >= 15 is 0 Å². The third kappa shape index (κ3) is 13.0. The number of benzene rings is 2. The highest BCUT2D eigenvalue weighted by molar-refractivity contribution is 5.63. The third-order valence-electron chi connectivity index (χ3n) is 6.77. The lowest BCUT2D eigenvalue weighted by Crippen LogP contribution is -2.03. The summed E-state index contributed by atoms with van der Waals surface area (Å²) in [5.74, 6) is 1.09. The van der Waals surface area contributed by atoms with Crippen molar-refractivity contribution < 1.29 is 0 Å². The van der Waals surface area contributed by atoms with Crippen molar-refractivity contribution in [2.24, 2.45) is 5.92 Å². The highest BCUT2D eigenvalue weighted by Gasteiger charge is 2.09. The lowest BCUT2D eigenvalue weighted by Gasteiger charge is -2.18. The topological polar surface area (TPSA) is 12.0 Å². The molecule has 0 bridgehead atoms. The Morgan fingerprint density at radius 3 is 1.91 bits per heavy atom. The second-order valence-electron chi connectivity index (χ2n) is 9.60. The van der Waals surface area contributed by atoms with E-state index in [0.29, 0.717) is 0 Å². The number of anilines is 1. The van der Waals surface area contributed by atoms with Crippen LogP contribution in [-0.4, -0.2) is 0 Å². The van der Waals surface area contributed by atoms with Crippen LogP contribution in [-0.2, 0) is 13.0 Å². The lowest BCUT2D eigenvalue weighted by molar-refractivity contribution is 0.349. The van der Waals surface area contributed by atoms with Crippen LogP contribution in [0.25, 0.3) is 5.57 Å². The van der Waals surface area contributed by atoms with Gasteiger partial charge >= 0.3 is 0 Å². The van der Waals surface area contributed by atoms with E-state index < -0.39 is 0 Å². The van der Waals surface area contributed by atoms with Gasteiger partial charge in [0.2, 0.25) is 0 Å². The van der Waals surface area contributed by atoms with Crippen LogP contribution in [0.4, 0.5) is 5.69 Å². The predicted octanol–water partition coefficient (Wildman–Crippen LogP) is 10.8. The summed E-state index contributed by atoms with van der Waals surface area (Å²) < 4.78 is 0. The van der Waals surface area contributed by atoms with E-state index in [9.17, 15) is 0 Å². The summed E-state index contributed by atoms with van der Waals surface area (Å²) in [5.41, 5.74) is 6.24. The summed E-state index contributed by atoms with van der Waals surface area (Å²) in [7, 11) is 0. The van der Waals surface area contributed by atoms with Crippen molar-refractivity contribution in [3.63, 3.8) is 0 Å². The van der Waals surface area contributed by atoms with Gasteiger partial charge in [0, 0.05) is 12.2 Å². The zero-order valence-electron chi connectivity index (χ0n) is 23.1. The average Bonchev–Trinajstić information content (AvgIpc) is 2.90. The summed E-state index contributed by atoms with van der Waals surface area (Å²) in [6.07, 6.45) is 16.9. The molecular formula is C33H53N. The first kappa shape index (κ1) is 30.0. The van der Waals surface area contributed by atoms with Gasteiger partial charge < -0.3 is 5.32 Å². The molecule has 2 aromatic rings. The first-order chi connectivity index (χ1) is 16.6. The monoisotopic (exact) mass is 463 g/mol. The molecule has 3 rings (SSSR count). The average molecular weight is 464 g/mol. The van der Waals surface area contributed by atoms with Crippen LogP contribution < -0.4 is 5.32 Å². The molecule has 190 valence electrons. The summed E-state index contributed by atoms with van der Waals surface area (Å²) in [6.45, 7) is 15.5. The minimum Gasteiger partial charge on any atom is -0.381 e. The van der Waals surface area contributed by atoms with Crippen LogP contribution in [0.5, 0.6) is 0 Å². The van der Waals surface area contributed by atoms with Gasteiger partial charge in [0.05, 0.1) is 0 Å². The van der Waals surface area contributed by atoms with Crippen LogP contribution in [0.2, 0.25) is 0 Å². The quantitative estimate of drug-likeness (QED) is 0.327. The molecule has 1 aliphatic rings. The number of rotatable bonds is 11. The molecule has 34 heavy (non-hydrogen) atoms. The second kappa shape index (κ2) is 19.3. The van der Waals surface area contributed by atoms with Crippen molar-refractivity contribution in [2.75, 3.05) is 5.32 Å². The van der Waals surface area contributed by atoms with Crippen molar-refractivity contribution in [3.05, 3.63) is 71.8 Å². The zero-order chi connectivity index (χ0) is 25.0. The molecule has 0 spiro atoms. The summed E-state index contributed by atoms with van der Waals surface area (Å²) in [4.78, 5) is 0. The Kier molecular flexibility index (Phi) is 17.0. The van der Waals surface area contributed by atoms with Crippen molar-refractivity contribution >= 4 is 11.3 Å². The Morgan fingerprint density at radius 2 is 1.38 bits per heavy atom. The van der Waals surface area contributed by atoms with Crippen molar-refractivity contribution in [2.45, 2.75) is 118 Å². The minimum atomic E-state index is 0.864. The highest BCUT2D eigenvalue weighted by atomic mass is 14.9. The van der Waals surface area contributed by atoms with E-state index in [-0.39, 0.29) is 0 Å². The molecule has 2 aromatic carbocycles. The molecule has 1 heteroatoms. The summed E-state index contributed by atoms with van der Waals surface area (Å²) >= 11 is 0. The molecule has 0 radical (unpaired) electrons. The third-order valence-corrected chi connectivity index (χ3v) is 6.77. The zero-order valence-corrected chi connectivity index (χ0v) is 23.1. The Hall–Kier alpha value is -2.02. The van der Waals surface area contributed by atoms with Crippen LogP contribution in [0.3, 0.4) is 0 Å². The Bertz CT molecular complexity index is 735. The fraction of sp³-hybridized carbons (Fsp3) is 0.576. The lowest BCUT2D eigenvalue weighted by atomic mass is 9.88. The molecule has 0 heterocycles. The predicted molar refractivity (Wildman–Crippen MR) is 156 cm³/mol. The maximum atomic E-state index is 3.97. The van der Waals surface area contributed by atoms with Gasteiger partial charge in [-0.2, -0.15) is 0 Å². The molecule has 0 amide bonds. The van der Waals surface area contributed by atoms with Crippen LogP contribution in [0.1, 0.15) is 122 Å². The molecule has 0 unspecified atom stereocenters. The molecular weight excluding hydrogens is 410 g/mol. The van der Waals surface area contributed by atoms with Gasteiger partial charge in [0.25, 0.3) is 0 Å². The standard InChI is InChI=1S/C23H31N.C8H16.C2H6/c1-4-5-6-7-8-9-20-10-12-21(13-11-20)18-24-23-16-14-22(15-17-23)19(2)3;1-2-8-6-4-3-5-7-8;1-2/h10-17,24H,2,4-9,18H2,1,3H3;8H,2-7H2,1H3;1-2H3. The molecule has 0 aliphatic heterocycles. The number of allylic oxidation sites excluding steroid dienone is 1. The van der Waals surface area contributed by atoms with E-state index in [2.05, 4.69) is 74.3 Å². The Balaban J connectivity index is 0.000000483.